The molecule has 140 valence electrons. The van der Waals surface area contributed by atoms with E-state index in [1.54, 1.807) is 0 Å². The smallest absolute Gasteiger partial charge is 0.275 e. The number of allylic oxidation sites excluding steroid dienone is 5. The highest BCUT2D eigenvalue weighted by Gasteiger charge is 2.53. The molecule has 1 heterocycles. The summed E-state index contributed by atoms with van der Waals surface area (Å²) in [4.78, 5) is 2.56. The molecule has 1 aliphatic heterocycles. The SMILES string of the molecule is CC(C)N(C1=Cc2cccc3c2C12C=CC1=CCCC(=C12)OPO3)C(C)C. The number of hydrogen-bond acceptors (Lipinski definition) is 3. The average molecular weight is 379 g/mol. The largest absolute Gasteiger partial charge is 0.445 e. The van der Waals surface area contributed by atoms with Crippen molar-refractivity contribution < 1.29 is 9.05 Å². The molecule has 0 fully saturated rings. The van der Waals surface area contributed by atoms with E-state index in [9.17, 15) is 0 Å². The summed E-state index contributed by atoms with van der Waals surface area (Å²) < 4.78 is 12.3. The molecule has 3 aliphatic carbocycles. The number of nitrogens with zero attached hydrogens (tertiary/aromatic N) is 1. The van der Waals surface area contributed by atoms with Crippen LogP contribution in [0.3, 0.4) is 0 Å². The van der Waals surface area contributed by atoms with Crippen molar-refractivity contribution in [1.29, 1.82) is 0 Å². The Bertz CT molecular complexity index is 930. The maximum atomic E-state index is 6.18. The first-order valence-corrected chi connectivity index (χ1v) is 10.7. The van der Waals surface area contributed by atoms with Gasteiger partial charge in [-0.2, -0.15) is 0 Å². The predicted octanol–water partition coefficient (Wildman–Crippen LogP) is 5.86. The molecule has 1 aromatic carbocycles. The van der Waals surface area contributed by atoms with E-state index in [2.05, 4.69) is 75.1 Å². The van der Waals surface area contributed by atoms with Crippen molar-refractivity contribution >= 4 is 15.1 Å². The van der Waals surface area contributed by atoms with E-state index >= 15 is 0 Å². The topological polar surface area (TPSA) is 21.7 Å². The van der Waals surface area contributed by atoms with Crippen LogP contribution in [0.2, 0.25) is 0 Å². The summed E-state index contributed by atoms with van der Waals surface area (Å²) >= 11 is 0. The molecule has 27 heavy (non-hydrogen) atoms. The predicted molar refractivity (Wildman–Crippen MR) is 112 cm³/mol. The molecule has 0 amide bonds. The average Bonchev–Trinajstić information content (AvgIpc) is 3.14. The first kappa shape index (κ1) is 17.1. The summed E-state index contributed by atoms with van der Waals surface area (Å²) in [6.07, 6.45) is 11.4. The van der Waals surface area contributed by atoms with Gasteiger partial charge in [0.1, 0.15) is 11.5 Å². The van der Waals surface area contributed by atoms with Crippen LogP contribution in [-0.2, 0) is 9.94 Å². The van der Waals surface area contributed by atoms with Crippen molar-refractivity contribution in [3.05, 3.63) is 70.2 Å². The Kier molecular flexibility index (Phi) is 3.81. The van der Waals surface area contributed by atoms with Crippen molar-refractivity contribution in [2.45, 2.75) is 58.0 Å². The molecular weight excluding hydrogens is 353 g/mol. The maximum Gasteiger partial charge on any atom is 0.275 e. The standard InChI is InChI=1S/C23H26NO2P/c1-14(2)24(15(3)4)20-13-17-8-6-10-19-22(17)23(20)12-11-16-7-5-9-18(21(16)23)25-27-26-19/h6-8,10-15,27H,5,9H2,1-4H3. The molecule has 5 rings (SSSR count). The van der Waals surface area contributed by atoms with Gasteiger partial charge in [-0.25, -0.2) is 0 Å². The van der Waals surface area contributed by atoms with Crippen LogP contribution in [0.1, 0.15) is 51.7 Å². The van der Waals surface area contributed by atoms with Gasteiger partial charge >= 0.3 is 0 Å². The highest BCUT2D eigenvalue weighted by atomic mass is 31.1. The molecule has 4 aliphatic rings. The quantitative estimate of drug-likeness (QED) is 0.614. The fourth-order valence-corrected chi connectivity index (χ4v) is 5.89. The number of hydrogen-bond donors (Lipinski definition) is 0. The molecule has 4 heteroatoms. The van der Waals surface area contributed by atoms with Crippen LogP contribution in [0.4, 0.5) is 0 Å². The lowest BCUT2D eigenvalue weighted by atomic mass is 9.72. The molecule has 2 atom stereocenters. The van der Waals surface area contributed by atoms with Crippen LogP contribution < -0.4 is 4.52 Å². The third-order valence-corrected chi connectivity index (χ3v) is 6.70. The van der Waals surface area contributed by atoms with Gasteiger partial charge in [-0.1, -0.05) is 30.4 Å². The molecule has 0 radical (unpaired) electrons. The van der Waals surface area contributed by atoms with Crippen LogP contribution in [0.5, 0.6) is 5.75 Å². The lowest BCUT2D eigenvalue weighted by molar-refractivity contribution is 0.213. The maximum absolute atomic E-state index is 6.18. The zero-order chi connectivity index (χ0) is 18.8. The summed E-state index contributed by atoms with van der Waals surface area (Å²) in [5.41, 5.74) is 6.27. The van der Waals surface area contributed by atoms with Gasteiger partial charge in [-0.15, -0.1) is 0 Å². The molecular formula is C23H26NO2P. The van der Waals surface area contributed by atoms with E-state index in [1.165, 1.54) is 28.0 Å². The fraction of sp³-hybridized carbons (Fsp3) is 0.391. The van der Waals surface area contributed by atoms with E-state index in [-0.39, 0.29) is 14.4 Å². The Hall–Kier alpha value is -1.99. The molecule has 1 spiro atoms. The Morgan fingerprint density at radius 1 is 1.11 bits per heavy atom. The second-order valence-corrected chi connectivity index (χ2v) is 8.84. The van der Waals surface area contributed by atoms with Crippen LogP contribution in [0, 0.1) is 0 Å². The Morgan fingerprint density at radius 2 is 1.93 bits per heavy atom. The molecule has 3 nitrogen and oxygen atoms in total. The van der Waals surface area contributed by atoms with E-state index in [1.807, 2.05) is 0 Å². The normalized spacial score (nSPS) is 25.6. The van der Waals surface area contributed by atoms with Gasteiger partial charge in [0.15, 0.2) is 0 Å². The minimum absolute atomic E-state index is 0.0127. The Balaban J connectivity index is 1.84. The van der Waals surface area contributed by atoms with Gasteiger partial charge in [-0.05, 0) is 57.4 Å². The Morgan fingerprint density at radius 3 is 2.70 bits per heavy atom. The summed E-state index contributed by atoms with van der Waals surface area (Å²) in [6.45, 7) is 9.13. The number of benzene rings is 1. The first-order chi connectivity index (χ1) is 13.0. The van der Waals surface area contributed by atoms with Crippen LogP contribution in [-0.4, -0.2) is 17.0 Å². The van der Waals surface area contributed by atoms with Crippen molar-refractivity contribution in [1.82, 2.24) is 4.90 Å². The van der Waals surface area contributed by atoms with Crippen LogP contribution >= 0.6 is 9.03 Å². The second-order valence-electron chi connectivity index (χ2n) is 8.27. The zero-order valence-corrected chi connectivity index (χ0v) is 17.4. The third kappa shape index (κ3) is 2.24. The minimum Gasteiger partial charge on any atom is -0.445 e. The van der Waals surface area contributed by atoms with Gasteiger partial charge < -0.3 is 13.9 Å². The fourth-order valence-electron chi connectivity index (χ4n) is 5.28. The van der Waals surface area contributed by atoms with E-state index in [4.69, 9.17) is 9.05 Å². The van der Waals surface area contributed by atoms with Gasteiger partial charge in [0.2, 0.25) is 0 Å². The minimum atomic E-state index is -0.299. The van der Waals surface area contributed by atoms with Gasteiger partial charge in [0, 0.05) is 35.3 Å². The highest BCUT2D eigenvalue weighted by molar-refractivity contribution is 7.26. The highest BCUT2D eigenvalue weighted by Crippen LogP contribution is 2.61. The van der Waals surface area contributed by atoms with Gasteiger partial charge in [0.25, 0.3) is 9.03 Å². The van der Waals surface area contributed by atoms with Gasteiger partial charge in [-0.3, -0.25) is 0 Å². The lowest BCUT2D eigenvalue weighted by Gasteiger charge is -2.44. The first-order valence-electron chi connectivity index (χ1n) is 9.90. The second kappa shape index (κ2) is 6.01. The van der Waals surface area contributed by atoms with Crippen molar-refractivity contribution in [2.24, 2.45) is 0 Å². The summed E-state index contributed by atoms with van der Waals surface area (Å²) in [5, 5.41) is 0. The van der Waals surface area contributed by atoms with E-state index < -0.39 is 0 Å². The van der Waals surface area contributed by atoms with Crippen molar-refractivity contribution in [3.8, 4) is 5.75 Å². The molecule has 1 aromatic rings. The third-order valence-electron chi connectivity index (χ3n) is 6.07. The van der Waals surface area contributed by atoms with Crippen molar-refractivity contribution in [3.63, 3.8) is 0 Å². The molecule has 2 unspecified atom stereocenters. The van der Waals surface area contributed by atoms with Crippen LogP contribution in [0.25, 0.3) is 6.08 Å². The van der Waals surface area contributed by atoms with Crippen molar-refractivity contribution in [2.75, 3.05) is 0 Å². The monoisotopic (exact) mass is 379 g/mol. The molecule has 0 saturated heterocycles. The lowest BCUT2D eigenvalue weighted by Crippen LogP contribution is -2.43. The Labute approximate surface area is 163 Å². The summed E-state index contributed by atoms with van der Waals surface area (Å²) in [7, 11) is 0.0127. The molecule has 0 bridgehead atoms. The van der Waals surface area contributed by atoms with Gasteiger partial charge in [0.05, 0.1) is 5.41 Å². The molecule has 0 N–H and O–H groups in total. The summed E-state index contributed by atoms with van der Waals surface area (Å²) in [5.74, 6) is 2.06. The van der Waals surface area contributed by atoms with E-state index in [0.29, 0.717) is 12.1 Å². The van der Waals surface area contributed by atoms with Crippen LogP contribution in [0.15, 0.2) is 59.0 Å². The van der Waals surface area contributed by atoms with E-state index in [0.717, 1.165) is 24.4 Å². The number of rotatable bonds is 3. The molecule has 0 aromatic heterocycles. The summed E-state index contributed by atoms with van der Waals surface area (Å²) in [6, 6.07) is 7.22. The zero-order valence-electron chi connectivity index (χ0n) is 16.4. The molecule has 0 saturated carbocycles.